The zero-order chi connectivity index (χ0) is 34.5. The highest BCUT2D eigenvalue weighted by Gasteiger charge is 2.20. The van der Waals surface area contributed by atoms with E-state index in [0.717, 1.165) is 71.2 Å². The minimum absolute atomic E-state index is 0.135. The lowest BCUT2D eigenvalue weighted by Gasteiger charge is -2.12. The van der Waals surface area contributed by atoms with Gasteiger partial charge in [0.15, 0.2) is 0 Å². The fraction of sp³-hybridized carbons (Fsp3) is 0. The van der Waals surface area contributed by atoms with Crippen molar-refractivity contribution in [3.63, 3.8) is 0 Å². The van der Waals surface area contributed by atoms with Crippen molar-refractivity contribution in [1.29, 1.82) is 0 Å². The number of benzene rings is 8. The third-order valence-corrected chi connectivity index (χ3v) is 9.36. The van der Waals surface area contributed by atoms with Gasteiger partial charge in [0.2, 0.25) is 0 Å². The molecule has 46 heavy (non-hydrogen) atoms. The first-order chi connectivity index (χ1) is 24.9. The SMILES string of the molecule is [2H]c1c([2H])c([2H])c(-n2c3cc4c(cc3c3c5ccccc5ccc32)c2ccccc2n4-c2cccc(-c3cccc4ccccc34)c2)c([2H])c1[2H]. The van der Waals surface area contributed by atoms with E-state index in [0.29, 0.717) is 0 Å². The molecule has 0 aliphatic heterocycles. The van der Waals surface area contributed by atoms with Crippen LogP contribution in [-0.2, 0) is 0 Å². The van der Waals surface area contributed by atoms with E-state index >= 15 is 0 Å². The maximum absolute atomic E-state index is 9.02. The molecule has 0 saturated heterocycles. The molecule has 0 bridgehead atoms. The van der Waals surface area contributed by atoms with Gasteiger partial charge >= 0.3 is 0 Å². The van der Waals surface area contributed by atoms with Crippen molar-refractivity contribution in [2.24, 2.45) is 0 Å². The molecule has 0 aliphatic rings. The second kappa shape index (κ2) is 9.69. The Hall–Kier alpha value is -6.12. The van der Waals surface area contributed by atoms with Crippen LogP contribution in [0, 0.1) is 0 Å². The minimum atomic E-state index is -0.409. The first-order valence-corrected chi connectivity index (χ1v) is 15.5. The van der Waals surface area contributed by atoms with Crippen LogP contribution in [0.5, 0.6) is 0 Å². The average Bonchev–Trinajstić information content (AvgIpc) is 3.67. The molecule has 10 aromatic rings. The third-order valence-electron chi connectivity index (χ3n) is 9.36. The summed E-state index contributed by atoms with van der Waals surface area (Å²) in [5, 5.41) is 8.59. The number of aromatic nitrogens is 2. The highest BCUT2D eigenvalue weighted by molar-refractivity contribution is 6.25. The molecule has 0 unspecified atom stereocenters. The number of rotatable bonds is 3. The molecule has 0 spiro atoms. The van der Waals surface area contributed by atoms with Crippen LogP contribution in [0.2, 0.25) is 0 Å². The van der Waals surface area contributed by atoms with Gasteiger partial charge < -0.3 is 9.13 Å². The lowest BCUT2D eigenvalue weighted by Crippen LogP contribution is -1.96. The van der Waals surface area contributed by atoms with Gasteiger partial charge in [-0.2, -0.15) is 0 Å². The van der Waals surface area contributed by atoms with Crippen molar-refractivity contribution < 1.29 is 6.85 Å². The Morgan fingerprint density at radius 1 is 0.391 bits per heavy atom. The topological polar surface area (TPSA) is 9.86 Å². The summed E-state index contributed by atoms with van der Waals surface area (Å²) in [5.41, 5.74) is 6.96. The molecule has 2 heteroatoms. The Bertz CT molecular complexity index is 3060. The van der Waals surface area contributed by atoms with Gasteiger partial charge in [-0.1, -0.05) is 121 Å². The van der Waals surface area contributed by atoms with E-state index in [-0.39, 0.29) is 29.9 Å². The predicted octanol–water partition coefficient (Wildman–Crippen LogP) is 11.9. The van der Waals surface area contributed by atoms with Gasteiger partial charge in [-0.25, -0.2) is 0 Å². The highest BCUT2D eigenvalue weighted by Crippen LogP contribution is 2.42. The molecule has 10 rings (SSSR count). The first kappa shape index (κ1) is 20.8. The van der Waals surface area contributed by atoms with Crippen LogP contribution >= 0.6 is 0 Å². The van der Waals surface area contributed by atoms with Gasteiger partial charge in [0.1, 0.15) is 0 Å². The van der Waals surface area contributed by atoms with E-state index in [9.17, 15) is 0 Å². The second-order valence-electron chi connectivity index (χ2n) is 11.8. The smallest absolute Gasteiger partial charge is 0.0645 e. The van der Waals surface area contributed by atoms with E-state index in [1.165, 1.54) is 10.8 Å². The summed E-state index contributed by atoms with van der Waals surface area (Å²) in [5.74, 6) is 0. The fourth-order valence-electron chi connectivity index (χ4n) is 7.41. The number of nitrogens with zero attached hydrogens (tertiary/aromatic N) is 2. The van der Waals surface area contributed by atoms with Crippen LogP contribution in [0.3, 0.4) is 0 Å². The van der Waals surface area contributed by atoms with Crippen LogP contribution in [0.1, 0.15) is 6.85 Å². The van der Waals surface area contributed by atoms with Gasteiger partial charge in [-0.15, -0.1) is 0 Å². The van der Waals surface area contributed by atoms with Crippen LogP contribution < -0.4 is 0 Å². The Morgan fingerprint density at radius 3 is 1.93 bits per heavy atom. The van der Waals surface area contributed by atoms with Crippen molar-refractivity contribution in [2.45, 2.75) is 0 Å². The number of para-hydroxylation sites is 2. The van der Waals surface area contributed by atoms with E-state index in [1.54, 1.807) is 0 Å². The maximum atomic E-state index is 9.02. The second-order valence-corrected chi connectivity index (χ2v) is 11.8. The monoisotopic (exact) mass is 589 g/mol. The molecule has 2 aromatic heterocycles. The summed E-state index contributed by atoms with van der Waals surface area (Å²) in [6, 6.07) is 46.9. The Labute approximate surface area is 273 Å². The number of fused-ring (bicyclic) bond motifs is 9. The molecule has 0 fully saturated rings. The summed E-state index contributed by atoms with van der Waals surface area (Å²) < 4.78 is 47.6. The predicted molar refractivity (Wildman–Crippen MR) is 196 cm³/mol. The third kappa shape index (κ3) is 3.59. The molecule has 0 saturated carbocycles. The zero-order valence-electron chi connectivity index (χ0n) is 29.7. The summed E-state index contributed by atoms with van der Waals surface area (Å²) in [6.07, 6.45) is 0. The summed E-state index contributed by atoms with van der Waals surface area (Å²) in [7, 11) is 0. The molecule has 214 valence electrons. The molecule has 0 radical (unpaired) electrons. The lowest BCUT2D eigenvalue weighted by atomic mass is 9.98. The van der Waals surface area contributed by atoms with Crippen molar-refractivity contribution in [3.8, 4) is 22.5 Å². The highest BCUT2D eigenvalue weighted by atomic mass is 15.0. The zero-order valence-corrected chi connectivity index (χ0v) is 24.7. The molecule has 2 nitrogen and oxygen atoms in total. The molecular formula is C44H28N2. The summed E-state index contributed by atoms with van der Waals surface area (Å²) >= 11 is 0. The van der Waals surface area contributed by atoms with Gasteiger partial charge in [-0.05, 0) is 81.2 Å². The standard InChI is InChI=1S/C44H28N2/c1-2-16-32(17-3-1)45-41-25-24-30-13-5-7-20-36(30)44(41)39-27-38-37-21-8-9-23-40(37)46(42(38)28-43(39)45)33-18-10-15-31(26-33)35-22-11-14-29-12-4-6-19-34(29)35/h1-28H/i1D,2D,3D,16D,17D. The quantitative estimate of drug-likeness (QED) is 0.194. The summed E-state index contributed by atoms with van der Waals surface area (Å²) in [4.78, 5) is 0. The molecule has 2 heterocycles. The van der Waals surface area contributed by atoms with Crippen LogP contribution in [0.15, 0.2) is 170 Å². The normalized spacial score (nSPS) is 13.4. The molecular weight excluding hydrogens is 556 g/mol. The fourth-order valence-corrected chi connectivity index (χ4v) is 7.41. The van der Waals surface area contributed by atoms with E-state index in [2.05, 4.69) is 120 Å². The van der Waals surface area contributed by atoms with Crippen molar-refractivity contribution >= 4 is 65.2 Å². The Morgan fingerprint density at radius 2 is 1.07 bits per heavy atom. The molecule has 8 aromatic carbocycles. The van der Waals surface area contributed by atoms with Crippen LogP contribution in [0.4, 0.5) is 0 Å². The molecule has 0 amide bonds. The van der Waals surface area contributed by atoms with Gasteiger partial charge in [-0.3, -0.25) is 0 Å². The largest absolute Gasteiger partial charge is 0.309 e. The van der Waals surface area contributed by atoms with E-state index < -0.39 is 6.04 Å². The van der Waals surface area contributed by atoms with Gasteiger partial charge in [0.05, 0.1) is 28.9 Å². The van der Waals surface area contributed by atoms with Gasteiger partial charge in [0.25, 0.3) is 0 Å². The number of hydrogen-bond acceptors (Lipinski definition) is 0. The number of hydrogen-bond donors (Lipinski definition) is 0. The molecule has 0 atom stereocenters. The van der Waals surface area contributed by atoms with Crippen molar-refractivity contribution in [3.05, 3.63) is 170 Å². The summed E-state index contributed by atoms with van der Waals surface area (Å²) in [6.45, 7) is 0. The Balaban J connectivity index is 1.35. The van der Waals surface area contributed by atoms with Crippen molar-refractivity contribution in [2.75, 3.05) is 0 Å². The van der Waals surface area contributed by atoms with Crippen LogP contribution in [-0.4, -0.2) is 9.13 Å². The van der Waals surface area contributed by atoms with E-state index in [4.69, 9.17) is 6.85 Å². The lowest BCUT2D eigenvalue weighted by molar-refractivity contribution is 1.17. The molecule has 0 aliphatic carbocycles. The van der Waals surface area contributed by atoms with Crippen LogP contribution in [0.25, 0.3) is 87.7 Å². The minimum Gasteiger partial charge on any atom is -0.309 e. The first-order valence-electron chi connectivity index (χ1n) is 18.0. The average molecular weight is 590 g/mol. The molecule has 0 N–H and O–H groups in total. The van der Waals surface area contributed by atoms with E-state index in [1.807, 2.05) is 28.8 Å². The Kier molecular flexibility index (Phi) is 4.37. The van der Waals surface area contributed by atoms with Crippen molar-refractivity contribution in [1.82, 2.24) is 9.13 Å². The maximum Gasteiger partial charge on any atom is 0.0645 e. The van der Waals surface area contributed by atoms with Gasteiger partial charge in [0, 0.05) is 32.9 Å².